The lowest BCUT2D eigenvalue weighted by Crippen LogP contribution is -2.20. The number of fused-ring (bicyclic) bond motifs is 1. The van der Waals surface area contributed by atoms with Crippen molar-refractivity contribution in [2.75, 3.05) is 0 Å². The molecular formula is C12H14ClN5. The van der Waals surface area contributed by atoms with Gasteiger partial charge in [0.2, 0.25) is 0 Å². The lowest BCUT2D eigenvalue weighted by Gasteiger charge is -2.21. The van der Waals surface area contributed by atoms with Gasteiger partial charge >= 0.3 is 0 Å². The Morgan fingerprint density at radius 3 is 2.78 bits per heavy atom. The molecule has 0 unspecified atom stereocenters. The molecule has 5 nitrogen and oxygen atoms in total. The quantitative estimate of drug-likeness (QED) is 0.454. The van der Waals surface area contributed by atoms with Gasteiger partial charge in [-0.2, -0.15) is 0 Å². The van der Waals surface area contributed by atoms with Crippen LogP contribution in [0.2, 0.25) is 5.02 Å². The van der Waals surface area contributed by atoms with E-state index < -0.39 is 0 Å². The highest BCUT2D eigenvalue weighted by Crippen LogP contribution is 2.27. The van der Waals surface area contributed by atoms with Crippen LogP contribution in [0.1, 0.15) is 26.3 Å². The molecule has 1 aromatic carbocycles. The first-order valence-electron chi connectivity index (χ1n) is 5.60. The molecule has 94 valence electrons. The molecule has 0 saturated heterocycles. The summed E-state index contributed by atoms with van der Waals surface area (Å²) < 4.78 is 2.06. The number of halogens is 1. The second-order valence-electron chi connectivity index (χ2n) is 5.11. The average Bonchev–Trinajstić information content (AvgIpc) is 2.68. The van der Waals surface area contributed by atoms with Crippen LogP contribution in [0, 0.1) is 0 Å². The van der Waals surface area contributed by atoms with Crippen LogP contribution < -0.4 is 0 Å². The van der Waals surface area contributed by atoms with Gasteiger partial charge in [-0.1, -0.05) is 16.7 Å². The van der Waals surface area contributed by atoms with E-state index in [1.807, 2.05) is 6.07 Å². The fraction of sp³-hybridized carbons (Fsp3) is 0.417. The van der Waals surface area contributed by atoms with E-state index in [1.165, 1.54) is 0 Å². The van der Waals surface area contributed by atoms with E-state index in [0.717, 1.165) is 16.6 Å². The van der Waals surface area contributed by atoms with Crippen molar-refractivity contribution in [1.29, 1.82) is 0 Å². The van der Waals surface area contributed by atoms with Gasteiger partial charge in [0.1, 0.15) is 0 Å². The molecule has 0 aliphatic carbocycles. The van der Waals surface area contributed by atoms with Crippen molar-refractivity contribution in [2.24, 2.45) is 5.11 Å². The molecule has 1 heterocycles. The number of hydrogen-bond acceptors (Lipinski definition) is 2. The first kappa shape index (κ1) is 12.7. The number of imidazole rings is 1. The maximum absolute atomic E-state index is 8.40. The van der Waals surface area contributed by atoms with Crippen LogP contribution in [0.4, 0.5) is 0 Å². The Morgan fingerprint density at radius 2 is 2.17 bits per heavy atom. The minimum atomic E-state index is -0.0742. The smallest absolute Gasteiger partial charge is 0.0963 e. The Kier molecular flexibility index (Phi) is 3.20. The van der Waals surface area contributed by atoms with Gasteiger partial charge in [0.05, 0.1) is 23.9 Å². The summed E-state index contributed by atoms with van der Waals surface area (Å²) in [5, 5.41) is 4.20. The van der Waals surface area contributed by atoms with Crippen molar-refractivity contribution in [3.63, 3.8) is 0 Å². The second kappa shape index (κ2) is 4.52. The van der Waals surface area contributed by atoms with Gasteiger partial charge < -0.3 is 4.57 Å². The van der Waals surface area contributed by atoms with E-state index in [1.54, 1.807) is 12.4 Å². The highest BCUT2D eigenvalue weighted by molar-refractivity contribution is 6.31. The summed E-state index contributed by atoms with van der Waals surface area (Å²) in [6.07, 6.45) is 1.79. The Morgan fingerprint density at radius 1 is 1.44 bits per heavy atom. The third-order valence-electron chi connectivity index (χ3n) is 2.72. The van der Waals surface area contributed by atoms with Crippen LogP contribution in [-0.4, -0.2) is 9.55 Å². The van der Waals surface area contributed by atoms with Crippen molar-refractivity contribution in [3.8, 4) is 0 Å². The van der Waals surface area contributed by atoms with E-state index >= 15 is 0 Å². The second-order valence-corrected chi connectivity index (χ2v) is 5.54. The third-order valence-corrected chi connectivity index (χ3v) is 2.94. The predicted octanol–water partition coefficient (Wildman–Crippen LogP) is 4.26. The van der Waals surface area contributed by atoms with E-state index in [9.17, 15) is 0 Å². The molecular weight excluding hydrogens is 250 g/mol. The summed E-state index contributed by atoms with van der Waals surface area (Å²) in [4.78, 5) is 7.17. The van der Waals surface area contributed by atoms with Crippen LogP contribution in [0.5, 0.6) is 0 Å². The summed E-state index contributed by atoms with van der Waals surface area (Å²) in [6.45, 7) is 6.56. The Hall–Kier alpha value is -1.71. The maximum Gasteiger partial charge on any atom is 0.0963 e. The minimum absolute atomic E-state index is 0.0742. The zero-order valence-corrected chi connectivity index (χ0v) is 11.3. The molecule has 2 aromatic rings. The van der Waals surface area contributed by atoms with Crippen LogP contribution in [0.25, 0.3) is 21.5 Å². The predicted molar refractivity (Wildman–Crippen MR) is 72.6 cm³/mol. The van der Waals surface area contributed by atoms with Crippen LogP contribution in [-0.2, 0) is 12.1 Å². The summed E-state index contributed by atoms with van der Waals surface area (Å²) in [5.41, 5.74) is 11.0. The molecule has 0 fully saturated rings. The van der Waals surface area contributed by atoms with Crippen molar-refractivity contribution in [3.05, 3.63) is 39.5 Å². The molecule has 0 amide bonds. The Bertz CT molecular complexity index is 632. The zero-order valence-electron chi connectivity index (χ0n) is 10.6. The van der Waals surface area contributed by atoms with Crippen LogP contribution in [0.15, 0.2) is 23.6 Å². The van der Waals surface area contributed by atoms with Crippen molar-refractivity contribution >= 4 is 22.6 Å². The van der Waals surface area contributed by atoms with Gasteiger partial charge in [-0.05, 0) is 44.0 Å². The van der Waals surface area contributed by atoms with Crippen molar-refractivity contribution in [1.82, 2.24) is 9.55 Å². The number of benzene rings is 1. The molecule has 0 aliphatic rings. The lowest BCUT2D eigenvalue weighted by atomic mass is 10.1. The molecule has 0 saturated carbocycles. The maximum atomic E-state index is 8.40. The summed E-state index contributed by atoms with van der Waals surface area (Å²) >= 11 is 6.11. The fourth-order valence-electron chi connectivity index (χ4n) is 1.91. The standard InChI is InChI=1S/C12H14ClN5/c1-12(2,3)18-7-15-11-8(6-16-17-14)4-9(13)5-10(11)18/h4-5,7H,6H2,1-3H3. The first-order valence-corrected chi connectivity index (χ1v) is 5.98. The number of hydrogen-bond donors (Lipinski definition) is 0. The highest BCUT2D eigenvalue weighted by Gasteiger charge is 2.17. The zero-order chi connectivity index (χ0) is 13.3. The number of aromatic nitrogens is 2. The molecule has 0 N–H and O–H groups in total. The van der Waals surface area contributed by atoms with Gasteiger partial charge in [0.25, 0.3) is 0 Å². The van der Waals surface area contributed by atoms with E-state index in [0.29, 0.717) is 5.02 Å². The van der Waals surface area contributed by atoms with E-state index in [-0.39, 0.29) is 12.1 Å². The van der Waals surface area contributed by atoms with Crippen molar-refractivity contribution < 1.29 is 0 Å². The first-order chi connectivity index (χ1) is 8.43. The van der Waals surface area contributed by atoms with Gasteiger partial charge in [0, 0.05) is 15.5 Å². The van der Waals surface area contributed by atoms with Crippen LogP contribution >= 0.6 is 11.6 Å². The van der Waals surface area contributed by atoms with Crippen LogP contribution in [0.3, 0.4) is 0 Å². The Labute approximate surface area is 110 Å². The number of rotatable bonds is 2. The van der Waals surface area contributed by atoms with Gasteiger partial charge in [0.15, 0.2) is 0 Å². The number of nitrogens with zero attached hydrogens (tertiary/aromatic N) is 5. The summed E-state index contributed by atoms with van der Waals surface area (Å²) in [6, 6.07) is 3.67. The molecule has 6 heteroatoms. The highest BCUT2D eigenvalue weighted by atomic mass is 35.5. The summed E-state index contributed by atoms with van der Waals surface area (Å²) in [5.74, 6) is 0. The average molecular weight is 264 g/mol. The third kappa shape index (κ3) is 2.28. The molecule has 1 aromatic heterocycles. The normalized spacial score (nSPS) is 11.6. The Balaban J connectivity index is 2.68. The molecule has 0 atom stereocenters. The van der Waals surface area contributed by atoms with Gasteiger partial charge in [-0.15, -0.1) is 0 Å². The lowest BCUT2D eigenvalue weighted by molar-refractivity contribution is 0.408. The van der Waals surface area contributed by atoms with Crippen molar-refractivity contribution in [2.45, 2.75) is 32.9 Å². The topological polar surface area (TPSA) is 66.6 Å². The number of azide groups is 1. The molecule has 0 spiro atoms. The molecule has 2 rings (SSSR count). The monoisotopic (exact) mass is 263 g/mol. The summed E-state index contributed by atoms with van der Waals surface area (Å²) in [7, 11) is 0. The fourth-order valence-corrected chi connectivity index (χ4v) is 2.15. The minimum Gasteiger partial charge on any atom is -0.325 e. The SMILES string of the molecule is CC(C)(C)n1cnc2c(CN=[N+]=[N-])cc(Cl)cc21. The van der Waals surface area contributed by atoms with Gasteiger partial charge in [-0.3, -0.25) is 0 Å². The molecule has 0 aliphatic heterocycles. The van der Waals surface area contributed by atoms with E-state index in [4.69, 9.17) is 17.1 Å². The largest absolute Gasteiger partial charge is 0.325 e. The molecule has 0 bridgehead atoms. The molecule has 18 heavy (non-hydrogen) atoms. The van der Waals surface area contributed by atoms with E-state index in [2.05, 4.69) is 40.3 Å². The van der Waals surface area contributed by atoms with Gasteiger partial charge in [-0.25, -0.2) is 4.98 Å². The molecule has 0 radical (unpaired) electrons.